The zero-order valence-corrected chi connectivity index (χ0v) is 15.5. The summed E-state index contributed by atoms with van der Waals surface area (Å²) in [6, 6.07) is 8.05. The lowest BCUT2D eigenvalue weighted by Gasteiger charge is -2.35. The van der Waals surface area contributed by atoms with E-state index in [1.54, 1.807) is 21.9 Å². The first-order valence-electron chi connectivity index (χ1n) is 8.82. The molecule has 2 heterocycles. The summed E-state index contributed by atoms with van der Waals surface area (Å²) in [6.07, 6.45) is 0.370. The Labute approximate surface area is 153 Å². The third-order valence-corrected chi connectivity index (χ3v) is 5.25. The largest absolute Gasteiger partial charge is 0.352 e. The van der Waals surface area contributed by atoms with Crippen molar-refractivity contribution in [1.29, 1.82) is 0 Å². The number of amides is 2. The molecule has 1 saturated heterocycles. The summed E-state index contributed by atoms with van der Waals surface area (Å²) in [4.78, 5) is 28.4. The van der Waals surface area contributed by atoms with E-state index in [1.165, 1.54) is 12.1 Å². The fourth-order valence-corrected chi connectivity index (χ4v) is 3.35. The standard InChI is InChI=1S/C20H24FN3O2/c1-14-12-16(15(2)22(14)3)13-19(25)23-8-10-24(11-9-23)20(26)17-6-4-5-7-18(17)21/h4-7,12H,8-11,13H2,1-3H3. The van der Waals surface area contributed by atoms with Gasteiger partial charge in [0.05, 0.1) is 12.0 Å². The Morgan fingerprint density at radius 1 is 1.04 bits per heavy atom. The van der Waals surface area contributed by atoms with E-state index < -0.39 is 5.82 Å². The first kappa shape index (κ1) is 18.2. The molecule has 26 heavy (non-hydrogen) atoms. The summed E-state index contributed by atoms with van der Waals surface area (Å²) in [5, 5.41) is 0. The molecule has 0 N–H and O–H groups in total. The minimum absolute atomic E-state index is 0.0664. The fraction of sp³-hybridized carbons (Fsp3) is 0.400. The van der Waals surface area contributed by atoms with Crippen LogP contribution in [0.25, 0.3) is 0 Å². The van der Waals surface area contributed by atoms with E-state index >= 15 is 0 Å². The van der Waals surface area contributed by atoms with Crippen LogP contribution >= 0.6 is 0 Å². The van der Waals surface area contributed by atoms with Gasteiger partial charge in [-0.15, -0.1) is 0 Å². The Morgan fingerprint density at radius 3 is 2.23 bits per heavy atom. The van der Waals surface area contributed by atoms with Crippen molar-refractivity contribution in [2.24, 2.45) is 7.05 Å². The number of carbonyl (C=O) groups excluding carboxylic acids is 2. The van der Waals surface area contributed by atoms with Gasteiger partial charge < -0.3 is 14.4 Å². The fourth-order valence-electron chi connectivity index (χ4n) is 3.35. The average molecular weight is 357 g/mol. The highest BCUT2D eigenvalue weighted by Crippen LogP contribution is 2.16. The van der Waals surface area contributed by atoms with Crippen LogP contribution < -0.4 is 0 Å². The van der Waals surface area contributed by atoms with Crippen molar-refractivity contribution >= 4 is 11.8 Å². The summed E-state index contributed by atoms with van der Waals surface area (Å²) in [5.74, 6) is -0.757. The number of piperazine rings is 1. The van der Waals surface area contributed by atoms with Crippen molar-refractivity contribution in [1.82, 2.24) is 14.4 Å². The first-order valence-corrected chi connectivity index (χ1v) is 8.82. The molecule has 1 aromatic carbocycles. The van der Waals surface area contributed by atoms with Crippen molar-refractivity contribution in [3.63, 3.8) is 0 Å². The average Bonchev–Trinajstić information content (AvgIpc) is 2.88. The van der Waals surface area contributed by atoms with E-state index in [2.05, 4.69) is 4.57 Å². The van der Waals surface area contributed by atoms with Crippen LogP contribution in [0.4, 0.5) is 4.39 Å². The molecule has 0 atom stereocenters. The molecule has 0 spiro atoms. The van der Waals surface area contributed by atoms with Crippen molar-refractivity contribution in [3.8, 4) is 0 Å². The predicted molar refractivity (Wildman–Crippen MR) is 97.5 cm³/mol. The first-order chi connectivity index (χ1) is 12.4. The highest BCUT2D eigenvalue weighted by molar-refractivity contribution is 5.94. The van der Waals surface area contributed by atoms with Gasteiger partial charge in [-0.25, -0.2) is 4.39 Å². The van der Waals surface area contributed by atoms with E-state index in [-0.39, 0.29) is 17.4 Å². The molecule has 1 aliphatic rings. The van der Waals surface area contributed by atoms with Crippen molar-refractivity contribution in [3.05, 3.63) is 58.7 Å². The van der Waals surface area contributed by atoms with Gasteiger partial charge in [0.25, 0.3) is 5.91 Å². The summed E-state index contributed by atoms with van der Waals surface area (Å²) in [6.45, 7) is 5.83. The highest BCUT2D eigenvalue weighted by Gasteiger charge is 2.26. The lowest BCUT2D eigenvalue weighted by Crippen LogP contribution is -2.51. The zero-order chi connectivity index (χ0) is 18.8. The van der Waals surface area contributed by atoms with E-state index in [4.69, 9.17) is 0 Å². The number of hydrogen-bond acceptors (Lipinski definition) is 2. The minimum Gasteiger partial charge on any atom is -0.352 e. The van der Waals surface area contributed by atoms with E-state index in [0.717, 1.165) is 17.0 Å². The molecular weight excluding hydrogens is 333 g/mol. The molecular formula is C20H24FN3O2. The second-order valence-electron chi connectivity index (χ2n) is 6.78. The van der Waals surface area contributed by atoms with Gasteiger partial charge in [-0.2, -0.15) is 0 Å². The normalized spacial score (nSPS) is 14.6. The second-order valence-corrected chi connectivity index (χ2v) is 6.78. The molecule has 3 rings (SSSR count). The summed E-state index contributed by atoms with van der Waals surface area (Å²) in [7, 11) is 1.99. The molecule has 0 bridgehead atoms. The number of aryl methyl sites for hydroxylation is 1. The summed E-state index contributed by atoms with van der Waals surface area (Å²) in [5.41, 5.74) is 3.36. The topological polar surface area (TPSA) is 45.6 Å². The summed E-state index contributed by atoms with van der Waals surface area (Å²) < 4.78 is 15.9. The van der Waals surface area contributed by atoms with Gasteiger partial charge in [0.15, 0.2) is 0 Å². The molecule has 0 unspecified atom stereocenters. The van der Waals surface area contributed by atoms with Crippen LogP contribution in [0.15, 0.2) is 30.3 Å². The number of rotatable bonds is 3. The van der Waals surface area contributed by atoms with Gasteiger partial charge in [0.1, 0.15) is 5.82 Å². The minimum atomic E-state index is -0.508. The number of nitrogens with zero attached hydrogens (tertiary/aromatic N) is 3. The van der Waals surface area contributed by atoms with E-state index in [0.29, 0.717) is 32.6 Å². The van der Waals surface area contributed by atoms with E-state index in [9.17, 15) is 14.0 Å². The molecule has 6 heteroatoms. The number of aromatic nitrogens is 1. The van der Waals surface area contributed by atoms with Gasteiger partial charge >= 0.3 is 0 Å². The maximum atomic E-state index is 13.8. The molecule has 2 amide bonds. The third kappa shape index (κ3) is 3.49. The molecule has 1 aliphatic heterocycles. The maximum Gasteiger partial charge on any atom is 0.256 e. The number of benzene rings is 1. The van der Waals surface area contributed by atoms with Crippen LogP contribution in [0, 0.1) is 19.7 Å². The molecule has 1 fully saturated rings. The van der Waals surface area contributed by atoms with Crippen LogP contribution in [-0.2, 0) is 18.3 Å². The molecule has 1 aromatic heterocycles. The smallest absolute Gasteiger partial charge is 0.256 e. The lowest BCUT2D eigenvalue weighted by atomic mass is 10.1. The summed E-state index contributed by atoms with van der Waals surface area (Å²) >= 11 is 0. The Hall–Kier alpha value is -2.63. The van der Waals surface area contributed by atoms with Crippen LogP contribution in [0.3, 0.4) is 0 Å². The Kier molecular flexibility index (Phi) is 5.11. The van der Waals surface area contributed by atoms with Crippen LogP contribution in [0.1, 0.15) is 27.3 Å². The lowest BCUT2D eigenvalue weighted by molar-refractivity contribution is -0.131. The van der Waals surface area contributed by atoms with Crippen LogP contribution in [0.2, 0.25) is 0 Å². The molecule has 0 radical (unpaired) electrons. The van der Waals surface area contributed by atoms with Crippen LogP contribution in [0.5, 0.6) is 0 Å². The number of carbonyl (C=O) groups is 2. The number of hydrogen-bond donors (Lipinski definition) is 0. The Morgan fingerprint density at radius 2 is 1.65 bits per heavy atom. The Bertz CT molecular complexity index is 836. The van der Waals surface area contributed by atoms with Gasteiger partial charge in [0.2, 0.25) is 5.91 Å². The molecule has 5 nitrogen and oxygen atoms in total. The predicted octanol–water partition coefficient (Wildman–Crippen LogP) is 2.31. The Balaban J connectivity index is 1.59. The van der Waals surface area contributed by atoms with Crippen molar-refractivity contribution in [2.75, 3.05) is 26.2 Å². The van der Waals surface area contributed by atoms with Crippen LogP contribution in [-0.4, -0.2) is 52.4 Å². The van der Waals surface area contributed by atoms with Gasteiger partial charge in [-0.3, -0.25) is 9.59 Å². The molecule has 0 aliphatic carbocycles. The quantitative estimate of drug-likeness (QED) is 0.846. The van der Waals surface area contributed by atoms with Crippen molar-refractivity contribution in [2.45, 2.75) is 20.3 Å². The molecule has 0 saturated carbocycles. The third-order valence-electron chi connectivity index (χ3n) is 5.25. The van der Waals surface area contributed by atoms with Crippen molar-refractivity contribution < 1.29 is 14.0 Å². The zero-order valence-electron chi connectivity index (χ0n) is 15.5. The molecule has 138 valence electrons. The van der Waals surface area contributed by atoms with Gasteiger partial charge in [-0.05, 0) is 37.6 Å². The highest BCUT2D eigenvalue weighted by atomic mass is 19.1. The monoisotopic (exact) mass is 357 g/mol. The maximum absolute atomic E-state index is 13.8. The SMILES string of the molecule is Cc1cc(CC(=O)N2CCN(C(=O)c3ccccc3F)CC2)c(C)n1C. The number of halogens is 1. The second kappa shape index (κ2) is 7.32. The van der Waals surface area contributed by atoms with E-state index in [1.807, 2.05) is 27.0 Å². The van der Waals surface area contributed by atoms with Gasteiger partial charge in [0, 0.05) is 44.6 Å². The van der Waals surface area contributed by atoms with Gasteiger partial charge in [-0.1, -0.05) is 12.1 Å². The molecule has 2 aromatic rings.